The van der Waals surface area contributed by atoms with Gasteiger partial charge < -0.3 is 15.4 Å². The molecule has 1 saturated carbocycles. The average molecular weight is 488 g/mol. The van der Waals surface area contributed by atoms with E-state index in [2.05, 4.69) is 45.9 Å². The van der Waals surface area contributed by atoms with E-state index in [0.717, 1.165) is 49.9 Å². The number of thiocarbonyl (C=S) groups is 1. The lowest BCUT2D eigenvalue weighted by molar-refractivity contribution is 0.0514. The number of amides is 1. The largest absolute Gasteiger partial charge is 0.444 e. The normalized spacial score (nSPS) is 19.4. The molecule has 2 fully saturated rings. The molecule has 1 atom stereocenters. The van der Waals surface area contributed by atoms with E-state index in [0.29, 0.717) is 5.92 Å². The van der Waals surface area contributed by atoms with Gasteiger partial charge in [-0.15, -0.1) is 0 Å². The first-order valence-corrected chi connectivity index (χ1v) is 13.7. The van der Waals surface area contributed by atoms with Crippen LogP contribution in [-0.4, -0.2) is 47.3 Å². The third kappa shape index (κ3) is 9.91. The summed E-state index contributed by atoms with van der Waals surface area (Å²) in [6.45, 7) is 9.83. The Balaban J connectivity index is 1.45. The van der Waals surface area contributed by atoms with Gasteiger partial charge >= 0.3 is 6.09 Å². The molecule has 0 radical (unpaired) electrons. The molecule has 0 unspecified atom stereocenters. The van der Waals surface area contributed by atoms with Crippen molar-refractivity contribution in [1.82, 2.24) is 15.5 Å². The van der Waals surface area contributed by atoms with Gasteiger partial charge in [0.25, 0.3) is 0 Å². The number of rotatable bonds is 9. The lowest BCUT2D eigenvalue weighted by Gasteiger charge is -2.33. The van der Waals surface area contributed by atoms with E-state index in [1.165, 1.54) is 50.5 Å². The zero-order valence-electron chi connectivity index (χ0n) is 21.5. The Labute approximate surface area is 212 Å². The van der Waals surface area contributed by atoms with Gasteiger partial charge in [-0.25, -0.2) is 4.79 Å². The zero-order valence-corrected chi connectivity index (χ0v) is 22.3. The minimum atomic E-state index is -0.513. The number of hydrogen-bond acceptors (Lipinski definition) is 4. The van der Waals surface area contributed by atoms with Crippen LogP contribution < -0.4 is 10.6 Å². The van der Waals surface area contributed by atoms with Crippen LogP contribution in [0.5, 0.6) is 0 Å². The van der Waals surface area contributed by atoms with Crippen molar-refractivity contribution < 1.29 is 9.53 Å². The van der Waals surface area contributed by atoms with Crippen LogP contribution in [0.3, 0.4) is 0 Å². The van der Waals surface area contributed by atoms with Gasteiger partial charge in [0, 0.05) is 13.1 Å². The van der Waals surface area contributed by atoms with Crippen molar-refractivity contribution in [2.24, 2.45) is 11.8 Å². The van der Waals surface area contributed by atoms with Crippen molar-refractivity contribution in [1.29, 1.82) is 0 Å². The van der Waals surface area contributed by atoms with Gasteiger partial charge in [-0.05, 0) is 76.9 Å². The van der Waals surface area contributed by atoms with Crippen molar-refractivity contribution in [2.45, 2.75) is 96.7 Å². The van der Waals surface area contributed by atoms with Crippen LogP contribution >= 0.6 is 12.2 Å². The summed E-state index contributed by atoms with van der Waals surface area (Å²) in [7, 11) is 0. The average Bonchev–Trinajstić information content (AvgIpc) is 2.81. The second-order valence-electron chi connectivity index (χ2n) is 11.2. The van der Waals surface area contributed by atoms with E-state index >= 15 is 0 Å². The maximum atomic E-state index is 12.5. The van der Waals surface area contributed by atoms with Crippen molar-refractivity contribution in [3.05, 3.63) is 35.9 Å². The molecule has 5 nitrogen and oxygen atoms in total. The summed E-state index contributed by atoms with van der Waals surface area (Å²) in [4.78, 5) is 15.8. The summed E-state index contributed by atoms with van der Waals surface area (Å²) in [5, 5.41) is 6.58. The number of carbonyl (C=O) groups is 1. The maximum Gasteiger partial charge on any atom is 0.408 e. The number of likely N-dealkylation sites (tertiary alicyclic amines) is 1. The summed E-state index contributed by atoms with van der Waals surface area (Å²) in [5.41, 5.74) is 0.870. The van der Waals surface area contributed by atoms with Crippen molar-refractivity contribution in [3.63, 3.8) is 0 Å². The van der Waals surface area contributed by atoms with E-state index in [-0.39, 0.29) is 12.1 Å². The van der Waals surface area contributed by atoms with E-state index in [1.54, 1.807) is 0 Å². The monoisotopic (exact) mass is 487 g/mol. The number of nitrogens with zero attached hydrogens (tertiary/aromatic N) is 1. The molecular formula is C28H45N3O2S. The predicted molar refractivity (Wildman–Crippen MR) is 144 cm³/mol. The fourth-order valence-electron chi connectivity index (χ4n) is 5.16. The Kier molecular flexibility index (Phi) is 10.6. The summed E-state index contributed by atoms with van der Waals surface area (Å²) in [5.74, 6) is 1.37. The maximum absolute atomic E-state index is 12.5. The Hall–Kier alpha value is -1.66. The number of benzene rings is 1. The van der Waals surface area contributed by atoms with E-state index in [1.807, 2.05) is 20.8 Å². The minimum absolute atomic E-state index is 0.162. The predicted octanol–water partition coefficient (Wildman–Crippen LogP) is 6.07. The van der Waals surface area contributed by atoms with Gasteiger partial charge in [0.05, 0.1) is 11.0 Å². The SMILES string of the molecule is CC(C)(C)OC(=O)N[C@H](CCC1CCCCC1)C(=S)NCC1CCN(Cc2ccccc2)CC1. The number of ether oxygens (including phenoxy) is 1. The number of nitrogens with one attached hydrogen (secondary N) is 2. The second-order valence-corrected chi connectivity index (χ2v) is 11.7. The Bertz CT molecular complexity index is 751. The highest BCUT2D eigenvalue weighted by Gasteiger charge is 2.25. The lowest BCUT2D eigenvalue weighted by atomic mass is 9.85. The molecule has 0 bridgehead atoms. The van der Waals surface area contributed by atoms with Gasteiger partial charge in [0.2, 0.25) is 0 Å². The number of hydrogen-bond donors (Lipinski definition) is 2. The summed E-state index contributed by atoms with van der Waals surface area (Å²) in [6.07, 6.45) is 10.6. The molecule has 2 N–H and O–H groups in total. The number of piperidine rings is 1. The summed E-state index contributed by atoms with van der Waals surface area (Å²) >= 11 is 5.79. The molecule has 1 heterocycles. The standard InChI is InChI=1S/C28H45N3O2S/c1-28(2,3)33-27(32)30-25(15-14-22-10-6-4-7-11-22)26(34)29-20-23-16-18-31(19-17-23)21-24-12-8-5-9-13-24/h5,8-9,12-13,22-23,25H,4,6-7,10-11,14-21H2,1-3H3,(H,29,34)(H,30,32)/t25-/m1/s1. The number of alkyl carbamates (subject to hydrolysis) is 1. The molecule has 2 aliphatic rings. The molecule has 6 heteroatoms. The molecule has 1 saturated heterocycles. The Morgan fingerprint density at radius 2 is 1.74 bits per heavy atom. The molecule has 190 valence electrons. The van der Waals surface area contributed by atoms with Gasteiger partial charge in [-0.3, -0.25) is 4.90 Å². The zero-order chi connectivity index (χ0) is 24.4. The molecule has 3 rings (SSSR count). The number of carbonyl (C=O) groups excluding carboxylic acids is 1. The van der Waals surface area contributed by atoms with Gasteiger partial charge in [-0.2, -0.15) is 0 Å². The summed E-state index contributed by atoms with van der Waals surface area (Å²) < 4.78 is 5.52. The van der Waals surface area contributed by atoms with Crippen molar-refractivity contribution in [2.75, 3.05) is 19.6 Å². The molecule has 0 spiro atoms. The van der Waals surface area contributed by atoms with Gasteiger partial charge in [-0.1, -0.05) is 74.7 Å². The molecular weight excluding hydrogens is 442 g/mol. The van der Waals surface area contributed by atoms with Crippen LogP contribution in [0.4, 0.5) is 4.79 Å². The summed E-state index contributed by atoms with van der Waals surface area (Å²) in [6, 6.07) is 10.6. The molecule has 1 aromatic carbocycles. The fraction of sp³-hybridized carbons (Fsp3) is 0.714. The van der Waals surface area contributed by atoms with E-state index in [4.69, 9.17) is 17.0 Å². The lowest BCUT2D eigenvalue weighted by Crippen LogP contribution is -2.49. The van der Waals surface area contributed by atoms with Crippen LogP contribution in [0, 0.1) is 11.8 Å². The van der Waals surface area contributed by atoms with Crippen LogP contribution in [-0.2, 0) is 11.3 Å². The van der Waals surface area contributed by atoms with Crippen LogP contribution in [0.25, 0.3) is 0 Å². The van der Waals surface area contributed by atoms with Crippen molar-refractivity contribution >= 4 is 23.3 Å². The third-order valence-electron chi connectivity index (χ3n) is 7.12. The third-order valence-corrected chi connectivity index (χ3v) is 7.55. The Morgan fingerprint density at radius 3 is 2.38 bits per heavy atom. The highest BCUT2D eigenvalue weighted by atomic mass is 32.1. The highest BCUT2D eigenvalue weighted by Crippen LogP contribution is 2.28. The first kappa shape index (κ1) is 26.9. The van der Waals surface area contributed by atoms with Gasteiger partial charge in [0.15, 0.2) is 0 Å². The molecule has 1 amide bonds. The van der Waals surface area contributed by atoms with E-state index in [9.17, 15) is 4.79 Å². The first-order chi connectivity index (χ1) is 16.3. The smallest absolute Gasteiger partial charge is 0.408 e. The molecule has 1 aliphatic heterocycles. The van der Waals surface area contributed by atoms with Crippen LogP contribution in [0.2, 0.25) is 0 Å². The molecule has 0 aromatic heterocycles. The highest BCUT2D eigenvalue weighted by molar-refractivity contribution is 7.80. The quantitative estimate of drug-likeness (QED) is 0.414. The minimum Gasteiger partial charge on any atom is -0.444 e. The fourth-order valence-corrected chi connectivity index (χ4v) is 5.42. The molecule has 34 heavy (non-hydrogen) atoms. The van der Waals surface area contributed by atoms with Crippen molar-refractivity contribution in [3.8, 4) is 0 Å². The van der Waals surface area contributed by atoms with Gasteiger partial charge in [0.1, 0.15) is 5.60 Å². The molecule has 1 aromatic rings. The first-order valence-electron chi connectivity index (χ1n) is 13.3. The van der Waals surface area contributed by atoms with Crippen LogP contribution in [0.1, 0.15) is 84.1 Å². The van der Waals surface area contributed by atoms with Crippen LogP contribution in [0.15, 0.2) is 30.3 Å². The topological polar surface area (TPSA) is 53.6 Å². The van der Waals surface area contributed by atoms with E-state index < -0.39 is 5.60 Å². The molecule has 1 aliphatic carbocycles. The Morgan fingerprint density at radius 1 is 1.06 bits per heavy atom. The second kappa shape index (κ2) is 13.4.